The SMILES string of the molecule is CC1=CC(C)CC(CNc2ccc(-c3nccs3)cc2)C1. The van der Waals surface area contributed by atoms with Crippen molar-refractivity contribution in [2.75, 3.05) is 11.9 Å². The molecule has 0 fully saturated rings. The monoisotopic (exact) mass is 298 g/mol. The van der Waals surface area contributed by atoms with Gasteiger partial charge in [0, 0.05) is 29.4 Å². The van der Waals surface area contributed by atoms with Crippen molar-refractivity contribution in [3.63, 3.8) is 0 Å². The van der Waals surface area contributed by atoms with Crippen LogP contribution >= 0.6 is 11.3 Å². The predicted octanol–water partition coefficient (Wildman–Crippen LogP) is 5.21. The maximum Gasteiger partial charge on any atom is 0.123 e. The third-order valence-corrected chi connectivity index (χ3v) is 4.87. The van der Waals surface area contributed by atoms with Crippen molar-refractivity contribution >= 4 is 17.0 Å². The molecule has 1 aliphatic rings. The molecule has 0 saturated carbocycles. The summed E-state index contributed by atoms with van der Waals surface area (Å²) in [5.41, 5.74) is 3.94. The number of thiazole rings is 1. The van der Waals surface area contributed by atoms with Crippen LogP contribution in [0.15, 0.2) is 47.5 Å². The number of aromatic nitrogens is 1. The van der Waals surface area contributed by atoms with E-state index in [-0.39, 0.29) is 0 Å². The van der Waals surface area contributed by atoms with Gasteiger partial charge in [-0.05, 0) is 55.9 Å². The van der Waals surface area contributed by atoms with Crippen LogP contribution in [0.5, 0.6) is 0 Å². The normalized spacial score (nSPS) is 21.9. The van der Waals surface area contributed by atoms with Crippen molar-refractivity contribution in [2.24, 2.45) is 11.8 Å². The molecule has 0 saturated heterocycles. The lowest BCUT2D eigenvalue weighted by Crippen LogP contribution is -2.20. The number of hydrogen-bond acceptors (Lipinski definition) is 3. The van der Waals surface area contributed by atoms with Crippen LogP contribution in [0.3, 0.4) is 0 Å². The van der Waals surface area contributed by atoms with Gasteiger partial charge < -0.3 is 5.32 Å². The van der Waals surface area contributed by atoms with E-state index >= 15 is 0 Å². The Bertz CT molecular complexity index is 599. The molecule has 1 N–H and O–H groups in total. The molecule has 3 heteroatoms. The molecule has 0 aliphatic heterocycles. The fraction of sp³-hybridized carbons (Fsp3) is 0.389. The Morgan fingerprint density at radius 3 is 2.76 bits per heavy atom. The highest BCUT2D eigenvalue weighted by Gasteiger charge is 2.17. The van der Waals surface area contributed by atoms with E-state index in [2.05, 4.69) is 54.5 Å². The number of nitrogens with zero attached hydrogens (tertiary/aromatic N) is 1. The molecule has 2 nitrogen and oxygen atoms in total. The topological polar surface area (TPSA) is 24.9 Å². The molecule has 2 aromatic rings. The van der Waals surface area contributed by atoms with Crippen LogP contribution < -0.4 is 5.32 Å². The molecule has 21 heavy (non-hydrogen) atoms. The first kappa shape index (κ1) is 14.3. The highest BCUT2D eigenvalue weighted by atomic mass is 32.1. The zero-order chi connectivity index (χ0) is 14.7. The van der Waals surface area contributed by atoms with Gasteiger partial charge in [0.1, 0.15) is 5.01 Å². The molecule has 1 aromatic heterocycles. The highest BCUT2D eigenvalue weighted by molar-refractivity contribution is 7.13. The van der Waals surface area contributed by atoms with E-state index in [0.29, 0.717) is 0 Å². The maximum atomic E-state index is 4.34. The second kappa shape index (κ2) is 6.44. The highest BCUT2D eigenvalue weighted by Crippen LogP contribution is 2.28. The van der Waals surface area contributed by atoms with Crippen molar-refractivity contribution in [3.8, 4) is 10.6 Å². The summed E-state index contributed by atoms with van der Waals surface area (Å²) >= 11 is 1.68. The number of hydrogen-bond donors (Lipinski definition) is 1. The molecule has 1 aliphatic carbocycles. The number of benzene rings is 1. The van der Waals surface area contributed by atoms with Gasteiger partial charge in [0.15, 0.2) is 0 Å². The summed E-state index contributed by atoms with van der Waals surface area (Å²) in [6.07, 6.45) is 6.79. The molecule has 2 atom stereocenters. The van der Waals surface area contributed by atoms with Gasteiger partial charge in [-0.1, -0.05) is 18.6 Å². The molecular weight excluding hydrogens is 276 g/mol. The summed E-state index contributed by atoms with van der Waals surface area (Å²) in [7, 11) is 0. The second-order valence-corrected chi connectivity index (χ2v) is 6.99. The van der Waals surface area contributed by atoms with Crippen LogP contribution in [-0.2, 0) is 0 Å². The summed E-state index contributed by atoms with van der Waals surface area (Å²) in [6.45, 7) is 5.63. The second-order valence-electron chi connectivity index (χ2n) is 6.09. The first-order valence-electron chi connectivity index (χ1n) is 7.62. The zero-order valence-corrected chi connectivity index (χ0v) is 13.5. The molecule has 0 spiro atoms. The smallest absolute Gasteiger partial charge is 0.123 e. The molecule has 1 heterocycles. The lowest BCUT2D eigenvalue weighted by atomic mass is 9.84. The molecule has 110 valence electrons. The lowest BCUT2D eigenvalue weighted by molar-refractivity contribution is 0.421. The van der Waals surface area contributed by atoms with Gasteiger partial charge in [-0.15, -0.1) is 11.3 Å². The van der Waals surface area contributed by atoms with Gasteiger partial charge in [0.05, 0.1) is 0 Å². The van der Waals surface area contributed by atoms with Gasteiger partial charge >= 0.3 is 0 Å². The average molecular weight is 298 g/mol. The third kappa shape index (κ3) is 3.73. The third-order valence-electron chi connectivity index (χ3n) is 4.04. The van der Waals surface area contributed by atoms with Crippen molar-refractivity contribution in [3.05, 3.63) is 47.5 Å². The van der Waals surface area contributed by atoms with E-state index < -0.39 is 0 Å². The quantitative estimate of drug-likeness (QED) is 0.783. The zero-order valence-electron chi connectivity index (χ0n) is 12.7. The molecule has 2 unspecified atom stereocenters. The van der Waals surface area contributed by atoms with Gasteiger partial charge in [-0.25, -0.2) is 4.98 Å². The van der Waals surface area contributed by atoms with Crippen LogP contribution in [0, 0.1) is 11.8 Å². The number of nitrogens with one attached hydrogen (secondary N) is 1. The number of allylic oxidation sites excluding steroid dienone is 2. The van der Waals surface area contributed by atoms with Crippen molar-refractivity contribution in [1.29, 1.82) is 0 Å². The van der Waals surface area contributed by atoms with Crippen LogP contribution in [-0.4, -0.2) is 11.5 Å². The summed E-state index contributed by atoms with van der Waals surface area (Å²) < 4.78 is 0. The Kier molecular flexibility index (Phi) is 4.39. The van der Waals surface area contributed by atoms with E-state index in [1.54, 1.807) is 16.9 Å². The fourth-order valence-electron chi connectivity index (χ4n) is 3.20. The van der Waals surface area contributed by atoms with E-state index in [1.807, 2.05) is 11.6 Å². The summed E-state index contributed by atoms with van der Waals surface area (Å²) in [5.74, 6) is 1.47. The minimum absolute atomic E-state index is 0.720. The summed E-state index contributed by atoms with van der Waals surface area (Å²) in [6, 6.07) is 8.61. The Morgan fingerprint density at radius 1 is 1.29 bits per heavy atom. The Morgan fingerprint density at radius 2 is 2.10 bits per heavy atom. The van der Waals surface area contributed by atoms with E-state index in [1.165, 1.54) is 24.1 Å². The average Bonchev–Trinajstić information content (AvgIpc) is 2.99. The van der Waals surface area contributed by atoms with Crippen molar-refractivity contribution in [2.45, 2.75) is 26.7 Å². The Balaban J connectivity index is 1.58. The molecule has 3 rings (SSSR count). The van der Waals surface area contributed by atoms with Gasteiger partial charge in [0.25, 0.3) is 0 Å². The van der Waals surface area contributed by atoms with E-state index in [4.69, 9.17) is 0 Å². The lowest BCUT2D eigenvalue weighted by Gasteiger charge is -2.26. The predicted molar refractivity (Wildman–Crippen MR) is 91.7 cm³/mol. The van der Waals surface area contributed by atoms with Crippen LogP contribution in [0.2, 0.25) is 0 Å². The maximum absolute atomic E-state index is 4.34. The Hall–Kier alpha value is -1.61. The minimum atomic E-state index is 0.720. The first-order chi connectivity index (χ1) is 10.2. The Labute approximate surface area is 130 Å². The summed E-state index contributed by atoms with van der Waals surface area (Å²) in [4.78, 5) is 4.34. The minimum Gasteiger partial charge on any atom is -0.385 e. The van der Waals surface area contributed by atoms with E-state index in [9.17, 15) is 0 Å². The van der Waals surface area contributed by atoms with Gasteiger partial charge in [0.2, 0.25) is 0 Å². The van der Waals surface area contributed by atoms with Crippen LogP contribution in [0.25, 0.3) is 10.6 Å². The number of anilines is 1. The molecule has 0 amide bonds. The molecular formula is C18H22N2S. The van der Waals surface area contributed by atoms with Gasteiger partial charge in [-0.3, -0.25) is 0 Å². The fourth-order valence-corrected chi connectivity index (χ4v) is 3.85. The first-order valence-corrected chi connectivity index (χ1v) is 8.50. The standard InChI is InChI=1S/C18H22N2S/c1-13-9-14(2)11-15(10-13)12-20-17-5-3-16(4-6-17)18-19-7-8-21-18/h3-9,13,15,20H,10-12H2,1-2H3. The molecule has 1 aromatic carbocycles. The largest absolute Gasteiger partial charge is 0.385 e. The molecule has 0 bridgehead atoms. The van der Waals surface area contributed by atoms with Crippen LogP contribution in [0.4, 0.5) is 5.69 Å². The summed E-state index contributed by atoms with van der Waals surface area (Å²) in [5, 5.41) is 6.69. The van der Waals surface area contributed by atoms with Crippen molar-refractivity contribution < 1.29 is 0 Å². The van der Waals surface area contributed by atoms with Gasteiger partial charge in [-0.2, -0.15) is 0 Å². The number of rotatable bonds is 4. The molecule has 0 radical (unpaired) electrons. The van der Waals surface area contributed by atoms with Crippen LogP contribution in [0.1, 0.15) is 26.7 Å². The van der Waals surface area contributed by atoms with E-state index in [0.717, 1.165) is 23.4 Å². The van der Waals surface area contributed by atoms with Crippen molar-refractivity contribution in [1.82, 2.24) is 4.98 Å².